The van der Waals surface area contributed by atoms with Crippen molar-refractivity contribution in [1.82, 2.24) is 5.32 Å². The summed E-state index contributed by atoms with van der Waals surface area (Å²) in [4.78, 5) is 12.0. The fourth-order valence-electron chi connectivity index (χ4n) is 2.89. The third-order valence-electron chi connectivity index (χ3n) is 4.37. The quantitative estimate of drug-likeness (QED) is 0.555. The van der Waals surface area contributed by atoms with Gasteiger partial charge >= 0.3 is 0 Å². The Labute approximate surface area is 148 Å². The first-order chi connectivity index (χ1) is 12.0. The molecule has 5 heteroatoms. The number of phenols is 2. The predicted octanol–water partition coefficient (Wildman–Crippen LogP) is 2.80. The lowest BCUT2D eigenvalue weighted by molar-refractivity contribution is -0.120. The molecule has 25 heavy (non-hydrogen) atoms. The molecule has 0 fully saturated rings. The van der Waals surface area contributed by atoms with Crippen molar-refractivity contribution >= 4 is 5.91 Å². The number of amides is 1. The van der Waals surface area contributed by atoms with Crippen LogP contribution in [-0.4, -0.2) is 22.7 Å². The molecule has 0 aromatic heterocycles. The maximum Gasteiger partial charge on any atom is 0.224 e. The van der Waals surface area contributed by atoms with Gasteiger partial charge in [-0.15, -0.1) is 0 Å². The van der Waals surface area contributed by atoms with Crippen LogP contribution >= 0.6 is 0 Å². The molecule has 1 atom stereocenters. The molecule has 2 aromatic carbocycles. The topological polar surface area (TPSA) is 95.6 Å². The van der Waals surface area contributed by atoms with Crippen LogP contribution in [0.2, 0.25) is 0 Å². The maximum atomic E-state index is 12.0. The zero-order valence-corrected chi connectivity index (χ0v) is 14.5. The van der Waals surface area contributed by atoms with Crippen LogP contribution in [0.25, 0.3) is 0 Å². The number of benzene rings is 2. The van der Waals surface area contributed by atoms with E-state index >= 15 is 0 Å². The molecule has 1 unspecified atom stereocenters. The van der Waals surface area contributed by atoms with E-state index in [2.05, 4.69) is 24.4 Å². The Bertz CT molecular complexity index is 716. The first-order valence-corrected chi connectivity index (χ1v) is 8.60. The Morgan fingerprint density at radius 3 is 2.60 bits per heavy atom. The van der Waals surface area contributed by atoms with Crippen LogP contribution in [-0.2, 0) is 17.8 Å². The lowest BCUT2D eigenvalue weighted by Gasteiger charge is -2.16. The summed E-state index contributed by atoms with van der Waals surface area (Å²) in [6, 6.07) is 12.7. The van der Waals surface area contributed by atoms with Gasteiger partial charge in [-0.1, -0.05) is 37.3 Å². The highest BCUT2D eigenvalue weighted by Crippen LogP contribution is 2.25. The van der Waals surface area contributed by atoms with Gasteiger partial charge in [-0.2, -0.15) is 0 Å². The van der Waals surface area contributed by atoms with Crippen molar-refractivity contribution in [2.75, 3.05) is 6.54 Å². The molecule has 0 saturated carbocycles. The minimum absolute atomic E-state index is 0.101. The van der Waals surface area contributed by atoms with Gasteiger partial charge < -0.3 is 21.3 Å². The molecule has 0 heterocycles. The van der Waals surface area contributed by atoms with Gasteiger partial charge in [-0.05, 0) is 47.6 Å². The van der Waals surface area contributed by atoms with Crippen LogP contribution in [0.4, 0.5) is 0 Å². The van der Waals surface area contributed by atoms with Gasteiger partial charge in [-0.25, -0.2) is 0 Å². The van der Waals surface area contributed by atoms with Gasteiger partial charge in [0.05, 0.1) is 6.42 Å². The second kappa shape index (κ2) is 9.08. The summed E-state index contributed by atoms with van der Waals surface area (Å²) in [7, 11) is 0. The number of carbonyl (C=O) groups is 1. The highest BCUT2D eigenvalue weighted by molar-refractivity contribution is 5.78. The van der Waals surface area contributed by atoms with Crippen molar-refractivity contribution in [3.8, 4) is 11.5 Å². The fraction of sp³-hybridized carbons (Fsp3) is 0.350. The number of nitrogens with one attached hydrogen (secondary N) is 1. The van der Waals surface area contributed by atoms with Crippen molar-refractivity contribution in [3.05, 3.63) is 59.2 Å². The second-order valence-electron chi connectivity index (χ2n) is 6.19. The van der Waals surface area contributed by atoms with Crippen LogP contribution in [0.5, 0.6) is 11.5 Å². The molecule has 0 radical (unpaired) electrons. The molecule has 2 aromatic rings. The molecule has 134 valence electrons. The minimum Gasteiger partial charge on any atom is -0.504 e. The zero-order chi connectivity index (χ0) is 18.2. The highest BCUT2D eigenvalue weighted by atomic mass is 16.3. The molecule has 0 spiro atoms. The Balaban J connectivity index is 1.85. The number of carbonyl (C=O) groups excluding carboxylic acids is 1. The van der Waals surface area contributed by atoms with Crippen LogP contribution in [0.1, 0.15) is 42.4 Å². The SMILES string of the molecule is CCC(CCNC(=O)Cc1ccc(O)c(O)c1)c1cccc(CN)c1. The monoisotopic (exact) mass is 342 g/mol. The van der Waals surface area contributed by atoms with Crippen LogP contribution in [0.15, 0.2) is 42.5 Å². The lowest BCUT2D eigenvalue weighted by atomic mass is 9.92. The van der Waals surface area contributed by atoms with E-state index in [0.717, 1.165) is 18.4 Å². The number of hydrogen-bond donors (Lipinski definition) is 4. The second-order valence-corrected chi connectivity index (χ2v) is 6.19. The molecule has 0 bridgehead atoms. The predicted molar refractivity (Wildman–Crippen MR) is 98.5 cm³/mol. The molecule has 0 aliphatic heterocycles. The van der Waals surface area contributed by atoms with Gasteiger partial charge in [0.1, 0.15) is 0 Å². The van der Waals surface area contributed by atoms with Gasteiger partial charge in [0, 0.05) is 13.1 Å². The van der Waals surface area contributed by atoms with Crippen LogP contribution < -0.4 is 11.1 Å². The molecular weight excluding hydrogens is 316 g/mol. The Hall–Kier alpha value is -2.53. The van der Waals surface area contributed by atoms with Crippen molar-refractivity contribution in [3.63, 3.8) is 0 Å². The van der Waals surface area contributed by atoms with Gasteiger partial charge in [0.25, 0.3) is 0 Å². The number of phenolic OH excluding ortho intramolecular Hbond substituents is 2. The molecule has 5 nitrogen and oxygen atoms in total. The molecular formula is C20H26N2O3. The summed E-state index contributed by atoms with van der Waals surface area (Å²) in [5, 5.41) is 21.7. The largest absolute Gasteiger partial charge is 0.504 e. The molecule has 0 aliphatic rings. The zero-order valence-electron chi connectivity index (χ0n) is 14.5. The molecule has 0 aliphatic carbocycles. The minimum atomic E-state index is -0.212. The third-order valence-corrected chi connectivity index (χ3v) is 4.37. The van der Waals surface area contributed by atoms with E-state index < -0.39 is 0 Å². The smallest absolute Gasteiger partial charge is 0.224 e. The average Bonchev–Trinajstić information content (AvgIpc) is 2.62. The van der Waals surface area contributed by atoms with E-state index in [0.29, 0.717) is 24.6 Å². The average molecular weight is 342 g/mol. The Morgan fingerprint density at radius 2 is 1.92 bits per heavy atom. The van der Waals surface area contributed by atoms with Crippen molar-refractivity contribution in [1.29, 1.82) is 0 Å². The molecule has 2 rings (SSSR count). The van der Waals surface area contributed by atoms with E-state index in [9.17, 15) is 15.0 Å². The maximum absolute atomic E-state index is 12.0. The van der Waals surface area contributed by atoms with Crippen molar-refractivity contribution in [2.45, 2.75) is 38.6 Å². The summed E-state index contributed by atoms with van der Waals surface area (Å²) in [5.41, 5.74) is 8.74. The number of rotatable bonds is 8. The number of hydrogen-bond acceptors (Lipinski definition) is 4. The standard InChI is InChI=1S/C20H26N2O3/c1-2-16(17-5-3-4-15(10-17)13-21)8-9-22-20(25)12-14-6-7-18(23)19(24)11-14/h3-7,10-11,16,23-24H,2,8-9,12-13,21H2,1H3,(H,22,25). The normalized spacial score (nSPS) is 11.9. The third kappa shape index (κ3) is 5.50. The van der Waals surface area contributed by atoms with E-state index in [-0.39, 0.29) is 23.8 Å². The van der Waals surface area contributed by atoms with Gasteiger partial charge in [-0.3, -0.25) is 4.79 Å². The van der Waals surface area contributed by atoms with Crippen molar-refractivity contribution in [2.24, 2.45) is 5.73 Å². The number of aromatic hydroxyl groups is 2. The van der Waals surface area contributed by atoms with E-state index in [4.69, 9.17) is 5.73 Å². The van der Waals surface area contributed by atoms with Crippen LogP contribution in [0.3, 0.4) is 0 Å². The highest BCUT2D eigenvalue weighted by Gasteiger charge is 2.11. The van der Waals surface area contributed by atoms with Crippen LogP contribution in [0, 0.1) is 0 Å². The van der Waals surface area contributed by atoms with Crippen molar-refractivity contribution < 1.29 is 15.0 Å². The van der Waals surface area contributed by atoms with E-state index in [1.165, 1.54) is 17.7 Å². The van der Waals surface area contributed by atoms with E-state index in [1.54, 1.807) is 6.07 Å². The number of nitrogens with two attached hydrogens (primary N) is 1. The molecule has 5 N–H and O–H groups in total. The first-order valence-electron chi connectivity index (χ1n) is 8.60. The first kappa shape index (κ1) is 18.8. The lowest BCUT2D eigenvalue weighted by Crippen LogP contribution is -2.27. The molecule has 1 amide bonds. The summed E-state index contributed by atoms with van der Waals surface area (Å²) in [6.45, 7) is 3.26. The summed E-state index contributed by atoms with van der Waals surface area (Å²) in [6.07, 6.45) is 2.03. The Morgan fingerprint density at radius 1 is 1.12 bits per heavy atom. The fourth-order valence-corrected chi connectivity index (χ4v) is 2.89. The molecule has 0 saturated heterocycles. The van der Waals surface area contributed by atoms with E-state index in [1.807, 2.05) is 12.1 Å². The summed E-state index contributed by atoms with van der Waals surface area (Å²) >= 11 is 0. The Kier molecular flexibility index (Phi) is 6.83. The van der Waals surface area contributed by atoms with Gasteiger partial charge in [0.2, 0.25) is 5.91 Å². The summed E-state index contributed by atoms with van der Waals surface area (Å²) < 4.78 is 0. The summed E-state index contributed by atoms with van der Waals surface area (Å²) in [5.74, 6) is -0.119. The van der Waals surface area contributed by atoms with Gasteiger partial charge in [0.15, 0.2) is 11.5 Å².